The number of nitrogens with zero attached hydrogens (tertiary/aromatic N) is 2. The molecule has 28 heavy (non-hydrogen) atoms. The van der Waals surface area contributed by atoms with Crippen LogP contribution in [0.1, 0.15) is 35.7 Å². The van der Waals surface area contributed by atoms with Crippen molar-refractivity contribution >= 4 is 17.3 Å². The summed E-state index contributed by atoms with van der Waals surface area (Å²) in [6.07, 6.45) is 4.34. The number of aromatic nitrogens is 2. The van der Waals surface area contributed by atoms with Crippen molar-refractivity contribution in [3.63, 3.8) is 0 Å². The van der Waals surface area contributed by atoms with E-state index < -0.39 is 5.66 Å². The first kappa shape index (κ1) is 16.8. The normalized spacial score (nSPS) is 21.5. The average molecular weight is 370 g/mol. The lowest BCUT2D eigenvalue weighted by atomic mass is 10.0. The minimum atomic E-state index is -1.06. The number of nitrogens with one attached hydrogen (secondary N) is 3. The van der Waals surface area contributed by atoms with E-state index in [1.54, 1.807) is 0 Å². The van der Waals surface area contributed by atoms with Crippen LogP contribution >= 0.6 is 0 Å². The van der Waals surface area contributed by atoms with Gasteiger partial charge in [-0.15, -0.1) is 0 Å². The van der Waals surface area contributed by atoms with Crippen LogP contribution in [-0.4, -0.2) is 16.2 Å². The summed E-state index contributed by atoms with van der Waals surface area (Å²) >= 11 is 0. The Bertz CT molecular complexity index is 1030. The summed E-state index contributed by atoms with van der Waals surface area (Å²) in [5.74, 6) is 1.17. The second-order valence-electron chi connectivity index (χ2n) is 7.31. The fraction of sp³-hybridized carbons (Fsp3) is 0.182. The van der Waals surface area contributed by atoms with E-state index in [1.807, 2.05) is 72.8 Å². The molecule has 5 N–H and O–H groups in total. The average Bonchev–Trinajstić information content (AvgIpc) is 3.45. The van der Waals surface area contributed by atoms with Crippen LogP contribution < -0.4 is 16.4 Å². The van der Waals surface area contributed by atoms with E-state index in [9.17, 15) is 0 Å². The Morgan fingerprint density at radius 1 is 1.00 bits per heavy atom. The number of para-hydroxylation sites is 1. The Kier molecular flexibility index (Phi) is 3.98. The maximum Gasteiger partial charge on any atom is 0.202 e. The molecule has 2 aromatic carbocycles. The number of aliphatic imine (C=N–C) groups is 1. The summed E-state index contributed by atoms with van der Waals surface area (Å²) in [5, 5.41) is 14.3. The Hall–Kier alpha value is -3.38. The predicted octanol–water partition coefficient (Wildman–Crippen LogP) is 3.51. The van der Waals surface area contributed by atoms with Crippen LogP contribution in [0.3, 0.4) is 0 Å². The molecule has 5 rings (SSSR count). The maximum atomic E-state index is 6.76. The lowest BCUT2D eigenvalue weighted by molar-refractivity contribution is 0.564. The predicted molar refractivity (Wildman–Crippen MR) is 111 cm³/mol. The number of guanidine groups is 1. The summed E-state index contributed by atoms with van der Waals surface area (Å²) in [7, 11) is 0. The lowest BCUT2D eigenvalue weighted by Crippen LogP contribution is -2.44. The molecule has 1 aliphatic carbocycles. The van der Waals surface area contributed by atoms with Gasteiger partial charge in [0.05, 0.1) is 0 Å². The minimum Gasteiger partial charge on any atom is -0.326 e. The standard InChI is InChI=1S/C22H22N6/c23-22(20-13-18(27-28-20)16-11-12-16)14-19(15-7-3-1-4-8-15)25-21(26-22)24-17-9-5-2-6-10-17/h1-10,13-14,16H,11-12,23H2,(H,27,28)(H2,24,25,26). The van der Waals surface area contributed by atoms with Gasteiger partial charge >= 0.3 is 0 Å². The molecule has 1 aliphatic heterocycles. The largest absolute Gasteiger partial charge is 0.326 e. The van der Waals surface area contributed by atoms with Gasteiger partial charge in [0, 0.05) is 23.0 Å². The summed E-state index contributed by atoms with van der Waals surface area (Å²) in [4.78, 5) is 4.76. The third-order valence-electron chi connectivity index (χ3n) is 5.06. The monoisotopic (exact) mass is 370 g/mol. The van der Waals surface area contributed by atoms with Crippen molar-refractivity contribution in [2.75, 3.05) is 5.32 Å². The number of H-pyrrole nitrogens is 1. The molecule has 2 aliphatic rings. The van der Waals surface area contributed by atoms with Crippen molar-refractivity contribution < 1.29 is 0 Å². The van der Waals surface area contributed by atoms with Crippen LogP contribution in [0.15, 0.2) is 77.8 Å². The molecule has 1 atom stereocenters. The first-order chi connectivity index (χ1) is 13.7. The zero-order valence-corrected chi connectivity index (χ0v) is 15.4. The molecular weight excluding hydrogens is 348 g/mol. The van der Waals surface area contributed by atoms with Gasteiger partial charge in [-0.3, -0.25) is 10.8 Å². The first-order valence-corrected chi connectivity index (χ1v) is 9.51. The van der Waals surface area contributed by atoms with Crippen molar-refractivity contribution in [1.29, 1.82) is 0 Å². The Labute approximate surface area is 163 Å². The van der Waals surface area contributed by atoms with Gasteiger partial charge in [-0.1, -0.05) is 48.5 Å². The van der Waals surface area contributed by atoms with Gasteiger partial charge in [-0.25, -0.2) is 4.99 Å². The van der Waals surface area contributed by atoms with Crippen LogP contribution in [-0.2, 0) is 5.66 Å². The van der Waals surface area contributed by atoms with E-state index in [2.05, 4.69) is 20.8 Å². The highest BCUT2D eigenvalue weighted by atomic mass is 15.3. The molecule has 0 saturated heterocycles. The highest BCUT2D eigenvalue weighted by molar-refractivity contribution is 6.00. The summed E-state index contributed by atoms with van der Waals surface area (Å²) in [5.41, 5.74) is 10.4. The first-order valence-electron chi connectivity index (χ1n) is 9.51. The fourth-order valence-electron chi connectivity index (χ4n) is 3.40. The molecule has 3 aromatic rings. The number of hydrogen-bond donors (Lipinski definition) is 4. The summed E-state index contributed by atoms with van der Waals surface area (Å²) < 4.78 is 0. The lowest BCUT2D eigenvalue weighted by Gasteiger charge is -2.29. The molecule has 0 spiro atoms. The maximum absolute atomic E-state index is 6.76. The van der Waals surface area contributed by atoms with Gasteiger partial charge in [-0.05, 0) is 42.7 Å². The highest BCUT2D eigenvalue weighted by Crippen LogP contribution is 2.40. The van der Waals surface area contributed by atoms with Gasteiger partial charge in [0.1, 0.15) is 5.69 Å². The van der Waals surface area contributed by atoms with Crippen LogP contribution in [0.25, 0.3) is 5.70 Å². The third-order valence-corrected chi connectivity index (χ3v) is 5.06. The number of anilines is 1. The van der Waals surface area contributed by atoms with Crippen LogP contribution in [0.2, 0.25) is 0 Å². The molecule has 6 heteroatoms. The third kappa shape index (κ3) is 3.30. The van der Waals surface area contributed by atoms with Crippen LogP contribution in [0.4, 0.5) is 5.69 Å². The highest BCUT2D eigenvalue weighted by Gasteiger charge is 2.34. The topological polar surface area (TPSA) is 91.1 Å². The van der Waals surface area contributed by atoms with E-state index >= 15 is 0 Å². The molecule has 0 amide bonds. The number of nitrogens with two attached hydrogens (primary N) is 1. The van der Waals surface area contributed by atoms with Crippen molar-refractivity contribution in [2.45, 2.75) is 24.4 Å². The molecule has 6 nitrogen and oxygen atoms in total. The van der Waals surface area contributed by atoms with E-state index in [1.165, 1.54) is 12.8 Å². The molecule has 1 saturated carbocycles. The second-order valence-corrected chi connectivity index (χ2v) is 7.31. The smallest absolute Gasteiger partial charge is 0.202 e. The minimum absolute atomic E-state index is 0.579. The van der Waals surface area contributed by atoms with E-state index in [-0.39, 0.29) is 0 Å². The number of hydrogen-bond acceptors (Lipinski definition) is 5. The molecule has 140 valence electrons. The van der Waals surface area contributed by atoms with Gasteiger partial charge in [0.2, 0.25) is 5.96 Å². The molecule has 1 fully saturated rings. The number of benzene rings is 2. The second kappa shape index (κ2) is 6.65. The van der Waals surface area contributed by atoms with Gasteiger partial charge in [0.25, 0.3) is 0 Å². The fourth-order valence-corrected chi connectivity index (χ4v) is 3.40. The van der Waals surface area contributed by atoms with Crippen molar-refractivity contribution in [3.05, 3.63) is 89.8 Å². The molecule has 0 bridgehead atoms. The van der Waals surface area contributed by atoms with E-state index in [0.29, 0.717) is 11.9 Å². The van der Waals surface area contributed by atoms with E-state index in [0.717, 1.165) is 28.3 Å². The molecule has 0 radical (unpaired) electrons. The van der Waals surface area contributed by atoms with Crippen molar-refractivity contribution in [3.8, 4) is 0 Å². The molecule has 2 heterocycles. The quantitative estimate of drug-likeness (QED) is 0.566. The van der Waals surface area contributed by atoms with Gasteiger partial charge in [0.15, 0.2) is 5.66 Å². The van der Waals surface area contributed by atoms with Crippen LogP contribution in [0.5, 0.6) is 0 Å². The molecule has 1 aromatic heterocycles. The zero-order chi connectivity index (χ0) is 19.0. The zero-order valence-electron chi connectivity index (χ0n) is 15.4. The molecular formula is C22H22N6. The Morgan fingerprint density at radius 3 is 2.43 bits per heavy atom. The SMILES string of the molecule is NC1(c2cc(C3CC3)[nH]n2)C=C(c2ccccc2)NC(Nc2ccccc2)=N1. The Morgan fingerprint density at radius 2 is 1.71 bits per heavy atom. The number of rotatable bonds is 4. The summed E-state index contributed by atoms with van der Waals surface area (Å²) in [6, 6.07) is 22.1. The number of aromatic amines is 1. The van der Waals surface area contributed by atoms with Crippen LogP contribution in [0, 0.1) is 0 Å². The summed E-state index contributed by atoms with van der Waals surface area (Å²) in [6.45, 7) is 0. The molecule has 1 unspecified atom stereocenters. The Balaban J connectivity index is 1.54. The van der Waals surface area contributed by atoms with Crippen molar-refractivity contribution in [2.24, 2.45) is 10.7 Å². The van der Waals surface area contributed by atoms with Crippen molar-refractivity contribution in [1.82, 2.24) is 15.5 Å². The van der Waals surface area contributed by atoms with Gasteiger partial charge in [-0.2, -0.15) is 5.10 Å². The van der Waals surface area contributed by atoms with E-state index in [4.69, 9.17) is 10.7 Å². The van der Waals surface area contributed by atoms with Gasteiger partial charge < -0.3 is 10.6 Å².